The molecule has 18 heavy (non-hydrogen) atoms. The van der Waals surface area contributed by atoms with Crippen molar-refractivity contribution in [2.24, 2.45) is 0 Å². The van der Waals surface area contributed by atoms with Gasteiger partial charge < -0.3 is 11.1 Å². The lowest BCUT2D eigenvalue weighted by Crippen LogP contribution is -2.20. The van der Waals surface area contributed by atoms with Crippen LogP contribution >= 0.6 is 0 Å². The van der Waals surface area contributed by atoms with E-state index in [1.54, 1.807) is 6.07 Å². The van der Waals surface area contributed by atoms with Gasteiger partial charge >= 0.3 is 0 Å². The van der Waals surface area contributed by atoms with Crippen LogP contribution in [0.15, 0.2) is 18.2 Å². The molecule has 1 aromatic rings. The Morgan fingerprint density at radius 3 is 2.67 bits per heavy atom. The fourth-order valence-electron chi connectivity index (χ4n) is 1.97. The highest BCUT2D eigenvalue weighted by atomic mass is 32.2. The molecule has 0 aliphatic carbocycles. The summed E-state index contributed by atoms with van der Waals surface area (Å²) in [7, 11) is -2.98. The van der Waals surface area contributed by atoms with Crippen molar-refractivity contribution >= 4 is 26.9 Å². The Balaban J connectivity index is 2.17. The quantitative estimate of drug-likeness (QED) is 0.476. The first-order valence-corrected chi connectivity index (χ1v) is 7.20. The summed E-state index contributed by atoms with van der Waals surface area (Å²) in [5.74, 6) is 0.199. The number of nitrogens with two attached hydrogens (primary N) is 1. The van der Waals surface area contributed by atoms with Gasteiger partial charge in [0.05, 0.1) is 16.4 Å². The zero-order valence-electron chi connectivity index (χ0n) is 9.50. The number of non-ortho nitro benzene ring substituents is 1. The Hall–Kier alpha value is -1.83. The number of nitro benzene ring substituents is 1. The number of hydrogen-bond donors (Lipinski definition) is 2. The number of sulfone groups is 1. The van der Waals surface area contributed by atoms with Crippen LogP contribution in [-0.4, -0.2) is 30.9 Å². The second kappa shape index (κ2) is 4.45. The van der Waals surface area contributed by atoms with E-state index in [2.05, 4.69) is 5.32 Å². The minimum absolute atomic E-state index is 0.0512. The van der Waals surface area contributed by atoms with Gasteiger partial charge in [0.25, 0.3) is 5.69 Å². The topological polar surface area (TPSA) is 115 Å². The third-order valence-corrected chi connectivity index (χ3v) is 4.52. The average molecular weight is 271 g/mol. The SMILES string of the molecule is Nc1cc(NC2CCS(=O)(=O)C2)cc([N+](=O)[O-])c1. The molecule has 2 rings (SSSR count). The largest absolute Gasteiger partial charge is 0.398 e. The molecule has 0 bridgehead atoms. The van der Waals surface area contributed by atoms with Gasteiger partial charge in [-0.1, -0.05) is 0 Å². The first-order valence-electron chi connectivity index (χ1n) is 5.38. The van der Waals surface area contributed by atoms with Crippen molar-refractivity contribution in [3.8, 4) is 0 Å². The summed E-state index contributed by atoms with van der Waals surface area (Å²) < 4.78 is 22.6. The molecule has 0 radical (unpaired) electrons. The van der Waals surface area contributed by atoms with Crippen LogP contribution in [0.5, 0.6) is 0 Å². The van der Waals surface area contributed by atoms with Crippen molar-refractivity contribution in [1.29, 1.82) is 0 Å². The number of hydrogen-bond acceptors (Lipinski definition) is 6. The van der Waals surface area contributed by atoms with Gasteiger partial charge in [0.15, 0.2) is 9.84 Å². The predicted molar refractivity (Wildman–Crippen MR) is 68.2 cm³/mol. The lowest BCUT2D eigenvalue weighted by atomic mass is 10.2. The number of rotatable bonds is 3. The molecular formula is C10H13N3O4S. The van der Waals surface area contributed by atoms with E-state index in [0.29, 0.717) is 12.1 Å². The second-order valence-corrected chi connectivity index (χ2v) is 6.54. The summed E-state index contributed by atoms with van der Waals surface area (Å²) >= 11 is 0. The van der Waals surface area contributed by atoms with Crippen LogP contribution in [0.25, 0.3) is 0 Å². The molecule has 1 unspecified atom stereocenters. The highest BCUT2D eigenvalue weighted by Crippen LogP contribution is 2.24. The van der Waals surface area contributed by atoms with Crippen LogP contribution in [0.2, 0.25) is 0 Å². The Kier molecular flexibility index (Phi) is 3.12. The molecule has 98 valence electrons. The molecule has 1 aliphatic rings. The third-order valence-electron chi connectivity index (χ3n) is 2.75. The number of nitrogen functional groups attached to an aromatic ring is 1. The number of nitrogens with zero attached hydrogens (tertiary/aromatic N) is 1. The molecule has 1 aromatic carbocycles. The van der Waals surface area contributed by atoms with Crippen molar-refractivity contribution in [2.45, 2.75) is 12.5 Å². The van der Waals surface area contributed by atoms with E-state index >= 15 is 0 Å². The summed E-state index contributed by atoms with van der Waals surface area (Å²) in [6, 6.07) is 3.95. The predicted octanol–water partition coefficient (Wildman–Crippen LogP) is 0.776. The van der Waals surface area contributed by atoms with Gasteiger partial charge in [-0.25, -0.2) is 8.42 Å². The van der Waals surface area contributed by atoms with Crippen molar-refractivity contribution in [3.05, 3.63) is 28.3 Å². The zero-order chi connectivity index (χ0) is 13.3. The Labute approximate surface area is 104 Å². The van der Waals surface area contributed by atoms with Gasteiger partial charge in [0.2, 0.25) is 0 Å². The van der Waals surface area contributed by atoms with Gasteiger partial charge in [0.1, 0.15) is 0 Å². The van der Waals surface area contributed by atoms with Crippen molar-refractivity contribution in [2.75, 3.05) is 22.6 Å². The Morgan fingerprint density at radius 2 is 2.11 bits per heavy atom. The van der Waals surface area contributed by atoms with Crippen molar-refractivity contribution in [3.63, 3.8) is 0 Å². The van der Waals surface area contributed by atoms with Crippen LogP contribution in [0, 0.1) is 10.1 Å². The molecule has 0 spiro atoms. The monoisotopic (exact) mass is 271 g/mol. The molecule has 0 saturated carbocycles. The van der Waals surface area contributed by atoms with Crippen molar-refractivity contribution in [1.82, 2.24) is 0 Å². The lowest BCUT2D eigenvalue weighted by Gasteiger charge is -2.12. The fourth-order valence-corrected chi connectivity index (χ4v) is 3.64. The number of anilines is 2. The second-order valence-electron chi connectivity index (χ2n) is 4.31. The third kappa shape index (κ3) is 2.89. The summed E-state index contributed by atoms with van der Waals surface area (Å²) in [5.41, 5.74) is 6.20. The Morgan fingerprint density at radius 1 is 1.39 bits per heavy atom. The summed E-state index contributed by atoms with van der Waals surface area (Å²) in [5, 5.41) is 13.6. The van der Waals surface area contributed by atoms with E-state index in [-0.39, 0.29) is 28.9 Å². The number of benzene rings is 1. The van der Waals surface area contributed by atoms with E-state index in [9.17, 15) is 18.5 Å². The minimum atomic E-state index is -2.98. The average Bonchev–Trinajstić information content (AvgIpc) is 2.57. The maximum atomic E-state index is 11.3. The zero-order valence-corrected chi connectivity index (χ0v) is 10.3. The number of nitro groups is 1. The molecule has 0 aromatic heterocycles. The van der Waals surface area contributed by atoms with Gasteiger partial charge in [-0.2, -0.15) is 0 Å². The molecule has 1 atom stereocenters. The summed E-state index contributed by atoms with van der Waals surface area (Å²) in [6.45, 7) is 0. The maximum Gasteiger partial charge on any atom is 0.273 e. The van der Waals surface area contributed by atoms with Gasteiger partial charge in [-0.3, -0.25) is 10.1 Å². The molecule has 8 heteroatoms. The van der Waals surface area contributed by atoms with Crippen LogP contribution in [-0.2, 0) is 9.84 Å². The van der Waals surface area contributed by atoms with Crippen LogP contribution in [0.3, 0.4) is 0 Å². The standard InChI is InChI=1S/C10H13N3O4S/c11-7-3-9(5-10(4-7)13(14)15)12-8-1-2-18(16,17)6-8/h3-5,8,12H,1-2,6,11H2. The van der Waals surface area contributed by atoms with Gasteiger partial charge in [-0.05, 0) is 12.5 Å². The fraction of sp³-hybridized carbons (Fsp3) is 0.400. The molecule has 1 heterocycles. The maximum absolute atomic E-state index is 11.3. The molecule has 1 aliphatic heterocycles. The lowest BCUT2D eigenvalue weighted by molar-refractivity contribution is -0.384. The van der Waals surface area contributed by atoms with E-state index in [0.717, 1.165) is 0 Å². The van der Waals surface area contributed by atoms with E-state index in [4.69, 9.17) is 5.73 Å². The summed E-state index contributed by atoms with van der Waals surface area (Å²) in [6.07, 6.45) is 0.505. The first-order chi connectivity index (χ1) is 8.35. The molecule has 1 fully saturated rings. The van der Waals surface area contributed by atoms with Crippen LogP contribution in [0.1, 0.15) is 6.42 Å². The molecule has 7 nitrogen and oxygen atoms in total. The van der Waals surface area contributed by atoms with Crippen LogP contribution < -0.4 is 11.1 Å². The van der Waals surface area contributed by atoms with Crippen molar-refractivity contribution < 1.29 is 13.3 Å². The molecule has 0 amide bonds. The molecular weight excluding hydrogens is 258 g/mol. The molecule has 1 saturated heterocycles. The minimum Gasteiger partial charge on any atom is -0.398 e. The van der Waals surface area contributed by atoms with E-state index in [1.807, 2.05) is 0 Å². The van der Waals surface area contributed by atoms with E-state index in [1.165, 1.54) is 12.1 Å². The van der Waals surface area contributed by atoms with E-state index < -0.39 is 14.8 Å². The summed E-state index contributed by atoms with van der Waals surface area (Å²) in [4.78, 5) is 10.1. The van der Waals surface area contributed by atoms with Gasteiger partial charge in [0, 0.05) is 29.5 Å². The van der Waals surface area contributed by atoms with Gasteiger partial charge in [-0.15, -0.1) is 0 Å². The normalized spacial score (nSPS) is 21.7. The Bertz CT molecular complexity index is 585. The highest BCUT2D eigenvalue weighted by Gasteiger charge is 2.27. The number of nitrogens with one attached hydrogen (secondary N) is 1. The van der Waals surface area contributed by atoms with Crippen LogP contribution in [0.4, 0.5) is 17.1 Å². The first kappa shape index (κ1) is 12.6. The molecule has 3 N–H and O–H groups in total. The smallest absolute Gasteiger partial charge is 0.273 e. The highest BCUT2D eigenvalue weighted by molar-refractivity contribution is 7.91.